The first-order valence-electron chi connectivity index (χ1n) is 2.81. The summed E-state index contributed by atoms with van der Waals surface area (Å²) in [6, 6.07) is 0.556. The van der Waals surface area contributed by atoms with Crippen LogP contribution in [0.15, 0.2) is 0 Å². The van der Waals surface area contributed by atoms with Crippen molar-refractivity contribution in [2.75, 3.05) is 13.7 Å². The molecule has 0 saturated carbocycles. The van der Waals surface area contributed by atoms with Gasteiger partial charge in [0, 0.05) is 6.04 Å². The molecule has 8 heavy (non-hydrogen) atoms. The highest BCUT2D eigenvalue weighted by molar-refractivity contribution is 7.13. The maximum atomic E-state index is 5.08. The van der Waals surface area contributed by atoms with Crippen LogP contribution in [-0.4, -0.2) is 30.5 Å². The van der Waals surface area contributed by atoms with E-state index in [0.29, 0.717) is 12.1 Å². The molecule has 1 aliphatic heterocycles. The molecule has 0 bridgehead atoms. The van der Waals surface area contributed by atoms with Crippen molar-refractivity contribution in [3.05, 3.63) is 0 Å². The number of ether oxygens (including phenoxy) is 1. The Morgan fingerprint density at radius 3 is 2.50 bits per heavy atom. The van der Waals surface area contributed by atoms with Gasteiger partial charge in [0.25, 0.3) is 0 Å². The normalized spacial score (nSPS) is 30.8. The standard InChI is InChI=1S/C5H12NOP/c1-4(6(2)8)5-3-7-5/h4-5H,3,8H2,1-2H3. The molecule has 0 aromatic heterocycles. The third-order valence-electron chi connectivity index (χ3n) is 1.54. The lowest BCUT2D eigenvalue weighted by Crippen LogP contribution is -2.24. The van der Waals surface area contributed by atoms with E-state index in [1.54, 1.807) is 0 Å². The SMILES string of the molecule is CC(C1CO1)N(C)P. The molecule has 3 heteroatoms. The minimum absolute atomic E-state index is 0.498. The Morgan fingerprint density at radius 1 is 1.88 bits per heavy atom. The fraction of sp³-hybridized carbons (Fsp3) is 1.00. The molecule has 1 heterocycles. The first-order chi connectivity index (χ1) is 3.72. The summed E-state index contributed by atoms with van der Waals surface area (Å²) in [5, 5.41) is 0. The molecular weight excluding hydrogens is 121 g/mol. The van der Waals surface area contributed by atoms with Crippen molar-refractivity contribution >= 4 is 9.39 Å². The summed E-state index contributed by atoms with van der Waals surface area (Å²) in [6.45, 7) is 3.10. The maximum absolute atomic E-state index is 5.08. The van der Waals surface area contributed by atoms with Crippen LogP contribution in [0.2, 0.25) is 0 Å². The predicted molar refractivity (Wildman–Crippen MR) is 36.7 cm³/mol. The highest BCUT2D eigenvalue weighted by Gasteiger charge is 2.30. The number of epoxide rings is 1. The van der Waals surface area contributed by atoms with Gasteiger partial charge in [0.15, 0.2) is 0 Å². The molecule has 0 spiro atoms. The number of rotatable bonds is 2. The Bertz CT molecular complexity index is 80.5. The highest BCUT2D eigenvalue weighted by atomic mass is 31.0. The van der Waals surface area contributed by atoms with Gasteiger partial charge in [-0.3, -0.25) is 4.67 Å². The van der Waals surface area contributed by atoms with Gasteiger partial charge in [0.05, 0.1) is 12.7 Å². The lowest BCUT2D eigenvalue weighted by Gasteiger charge is -2.15. The fourth-order valence-corrected chi connectivity index (χ4v) is 0.788. The summed E-state index contributed by atoms with van der Waals surface area (Å²) in [5.41, 5.74) is 0. The molecule has 1 aliphatic rings. The first kappa shape index (κ1) is 6.47. The lowest BCUT2D eigenvalue weighted by atomic mass is 10.3. The fourth-order valence-electron chi connectivity index (χ4n) is 0.596. The third kappa shape index (κ3) is 1.41. The van der Waals surface area contributed by atoms with Gasteiger partial charge in [0.1, 0.15) is 0 Å². The van der Waals surface area contributed by atoms with Crippen LogP contribution in [0, 0.1) is 0 Å². The average Bonchev–Trinajstić information content (AvgIpc) is 2.43. The Kier molecular flexibility index (Phi) is 1.86. The molecule has 0 aliphatic carbocycles. The minimum atomic E-state index is 0.498. The Morgan fingerprint density at radius 2 is 2.38 bits per heavy atom. The molecule has 0 aromatic carbocycles. The Labute approximate surface area is 52.5 Å². The number of hydrogen-bond donors (Lipinski definition) is 0. The van der Waals surface area contributed by atoms with E-state index in [2.05, 4.69) is 21.0 Å². The van der Waals surface area contributed by atoms with Crippen LogP contribution < -0.4 is 0 Å². The number of nitrogens with zero attached hydrogens (tertiary/aromatic N) is 1. The van der Waals surface area contributed by atoms with Crippen molar-refractivity contribution < 1.29 is 4.74 Å². The van der Waals surface area contributed by atoms with E-state index >= 15 is 0 Å². The van der Waals surface area contributed by atoms with Crippen molar-refractivity contribution in [1.29, 1.82) is 0 Å². The van der Waals surface area contributed by atoms with Crippen molar-refractivity contribution in [2.24, 2.45) is 0 Å². The Balaban J connectivity index is 2.22. The van der Waals surface area contributed by atoms with Gasteiger partial charge >= 0.3 is 0 Å². The molecule has 2 nitrogen and oxygen atoms in total. The monoisotopic (exact) mass is 133 g/mol. The molecule has 1 fully saturated rings. The summed E-state index contributed by atoms with van der Waals surface area (Å²) in [5.74, 6) is 0. The second-order valence-electron chi connectivity index (χ2n) is 2.28. The van der Waals surface area contributed by atoms with E-state index in [-0.39, 0.29) is 0 Å². The zero-order valence-corrected chi connectivity index (χ0v) is 6.45. The molecular formula is C5H12NOP. The van der Waals surface area contributed by atoms with Gasteiger partial charge in [-0.1, -0.05) is 9.39 Å². The molecule has 1 saturated heterocycles. The smallest absolute Gasteiger partial charge is 0.0964 e. The Hall–Kier alpha value is 0.350. The van der Waals surface area contributed by atoms with Crippen LogP contribution in [-0.2, 0) is 4.74 Å². The largest absolute Gasteiger partial charge is 0.371 e. The van der Waals surface area contributed by atoms with Crippen molar-refractivity contribution in [3.63, 3.8) is 0 Å². The summed E-state index contributed by atoms with van der Waals surface area (Å²) in [4.78, 5) is 0. The van der Waals surface area contributed by atoms with Crippen molar-refractivity contribution in [1.82, 2.24) is 4.67 Å². The van der Waals surface area contributed by atoms with Gasteiger partial charge < -0.3 is 4.74 Å². The molecule has 1 rings (SSSR count). The molecule has 3 atom stereocenters. The van der Waals surface area contributed by atoms with Crippen LogP contribution in [0.25, 0.3) is 0 Å². The average molecular weight is 133 g/mol. The minimum Gasteiger partial charge on any atom is -0.371 e. The number of likely N-dealkylation sites (N-methyl/N-ethyl adjacent to an activating group) is 1. The highest BCUT2D eigenvalue weighted by Crippen LogP contribution is 2.19. The first-order valence-corrected chi connectivity index (χ1v) is 3.32. The van der Waals surface area contributed by atoms with Crippen LogP contribution >= 0.6 is 9.39 Å². The van der Waals surface area contributed by atoms with Crippen LogP contribution in [0.5, 0.6) is 0 Å². The number of hydrogen-bond acceptors (Lipinski definition) is 2. The summed E-state index contributed by atoms with van der Waals surface area (Å²) >= 11 is 0. The molecule has 0 radical (unpaired) electrons. The van der Waals surface area contributed by atoms with Gasteiger partial charge in [-0.05, 0) is 14.0 Å². The quantitative estimate of drug-likeness (QED) is 0.402. The van der Waals surface area contributed by atoms with Crippen molar-refractivity contribution in [3.8, 4) is 0 Å². The van der Waals surface area contributed by atoms with Gasteiger partial charge in [-0.25, -0.2) is 0 Å². The van der Waals surface area contributed by atoms with Gasteiger partial charge in [-0.2, -0.15) is 0 Å². The summed E-state index contributed by atoms with van der Waals surface area (Å²) in [7, 11) is 4.67. The zero-order valence-electron chi connectivity index (χ0n) is 5.29. The topological polar surface area (TPSA) is 15.8 Å². The molecule has 3 unspecified atom stereocenters. The van der Waals surface area contributed by atoms with Crippen LogP contribution in [0.4, 0.5) is 0 Å². The van der Waals surface area contributed by atoms with E-state index in [9.17, 15) is 0 Å². The second kappa shape index (κ2) is 2.30. The molecule has 48 valence electrons. The van der Waals surface area contributed by atoms with E-state index in [4.69, 9.17) is 4.74 Å². The lowest BCUT2D eigenvalue weighted by molar-refractivity contribution is 0.308. The van der Waals surface area contributed by atoms with E-state index < -0.39 is 0 Å². The predicted octanol–water partition coefficient (Wildman–Crippen LogP) is 0.496. The maximum Gasteiger partial charge on any atom is 0.0964 e. The second-order valence-corrected chi connectivity index (χ2v) is 3.09. The van der Waals surface area contributed by atoms with Gasteiger partial charge in [0.2, 0.25) is 0 Å². The summed E-state index contributed by atoms with van der Waals surface area (Å²) in [6.07, 6.45) is 0.498. The van der Waals surface area contributed by atoms with E-state index in [0.717, 1.165) is 6.61 Å². The third-order valence-corrected chi connectivity index (χ3v) is 2.01. The van der Waals surface area contributed by atoms with E-state index in [1.807, 2.05) is 7.05 Å². The van der Waals surface area contributed by atoms with E-state index in [1.165, 1.54) is 0 Å². The summed E-state index contributed by atoms with van der Waals surface area (Å²) < 4.78 is 7.17. The van der Waals surface area contributed by atoms with Crippen molar-refractivity contribution in [2.45, 2.75) is 19.1 Å². The van der Waals surface area contributed by atoms with Gasteiger partial charge in [-0.15, -0.1) is 0 Å². The molecule has 0 N–H and O–H groups in total. The van der Waals surface area contributed by atoms with Crippen LogP contribution in [0.1, 0.15) is 6.92 Å². The van der Waals surface area contributed by atoms with Crippen LogP contribution in [0.3, 0.4) is 0 Å². The molecule has 0 amide bonds. The molecule has 0 aromatic rings. The zero-order chi connectivity index (χ0) is 6.15.